The molecule has 1 heterocycles. The minimum absolute atomic E-state index is 0.205. The number of amides is 1. The van der Waals surface area contributed by atoms with Gasteiger partial charge in [0, 0.05) is 6.42 Å². The van der Waals surface area contributed by atoms with E-state index in [1.165, 1.54) is 64.2 Å². The van der Waals surface area contributed by atoms with Crippen LogP contribution in [0.1, 0.15) is 168 Å². The second-order valence-electron chi connectivity index (χ2n) is 15.4. The molecule has 0 aromatic heterocycles. The van der Waals surface area contributed by atoms with E-state index in [0.29, 0.717) is 6.42 Å². The van der Waals surface area contributed by atoms with Gasteiger partial charge in [0.2, 0.25) is 5.91 Å². The third-order valence-corrected chi connectivity index (χ3v) is 10.2. The molecule has 0 radical (unpaired) electrons. The van der Waals surface area contributed by atoms with Crippen molar-refractivity contribution in [1.29, 1.82) is 0 Å². The summed E-state index contributed by atoms with van der Waals surface area (Å²) in [7, 11) is 0. The van der Waals surface area contributed by atoms with E-state index >= 15 is 0 Å². The third kappa shape index (κ3) is 28.7. The number of hydrogen-bond acceptors (Lipinski definition) is 8. The van der Waals surface area contributed by atoms with Crippen LogP contribution in [0.15, 0.2) is 72.9 Å². The van der Waals surface area contributed by atoms with Gasteiger partial charge in [0.25, 0.3) is 0 Å². The number of unbranched alkanes of at least 4 members (excludes halogenated alkanes) is 16. The molecule has 0 spiro atoms. The molecule has 1 amide bonds. The molecule has 6 N–H and O–H groups in total. The van der Waals surface area contributed by atoms with Crippen LogP contribution in [0.3, 0.4) is 0 Å². The molecule has 1 rings (SSSR count). The highest BCUT2D eigenvalue weighted by atomic mass is 16.7. The molecule has 7 atom stereocenters. The van der Waals surface area contributed by atoms with Gasteiger partial charge in [-0.15, -0.1) is 0 Å². The predicted molar refractivity (Wildman–Crippen MR) is 235 cm³/mol. The minimum atomic E-state index is -1.58. The zero-order valence-electron chi connectivity index (χ0n) is 35.8. The van der Waals surface area contributed by atoms with Crippen LogP contribution >= 0.6 is 0 Å². The maximum Gasteiger partial charge on any atom is 0.220 e. The van der Waals surface area contributed by atoms with Crippen molar-refractivity contribution in [1.82, 2.24) is 5.32 Å². The largest absolute Gasteiger partial charge is 0.394 e. The van der Waals surface area contributed by atoms with Crippen LogP contribution in [0.2, 0.25) is 0 Å². The number of carbonyl (C=O) groups excluding carboxylic acids is 1. The van der Waals surface area contributed by atoms with Crippen molar-refractivity contribution >= 4 is 5.91 Å². The Kier molecular flexibility index (Phi) is 35.0. The highest BCUT2D eigenvalue weighted by molar-refractivity contribution is 5.76. The van der Waals surface area contributed by atoms with Crippen LogP contribution in [0, 0.1) is 0 Å². The lowest BCUT2D eigenvalue weighted by Crippen LogP contribution is -2.60. The molecule has 0 aliphatic carbocycles. The second kappa shape index (κ2) is 37.9. The highest BCUT2D eigenvalue weighted by Crippen LogP contribution is 2.22. The van der Waals surface area contributed by atoms with Gasteiger partial charge in [-0.1, -0.05) is 157 Å². The molecule has 9 nitrogen and oxygen atoms in total. The maximum atomic E-state index is 12.9. The Bertz CT molecular complexity index is 1120. The van der Waals surface area contributed by atoms with Gasteiger partial charge in [-0.25, -0.2) is 0 Å². The van der Waals surface area contributed by atoms with Gasteiger partial charge < -0.3 is 40.3 Å². The van der Waals surface area contributed by atoms with E-state index < -0.39 is 49.5 Å². The van der Waals surface area contributed by atoms with Gasteiger partial charge in [0.05, 0.1) is 25.4 Å². The van der Waals surface area contributed by atoms with Gasteiger partial charge in [0.1, 0.15) is 24.4 Å². The third-order valence-electron chi connectivity index (χ3n) is 10.2. The fourth-order valence-corrected chi connectivity index (χ4v) is 6.61. The van der Waals surface area contributed by atoms with Gasteiger partial charge in [-0.05, 0) is 77.0 Å². The SMILES string of the molecule is CC/C=C\C/C=C\C/C=C\CCCCCCCCCC(=O)NC(COC1OC(CO)C(O)C(O)C1O)C(O)/C=C/CC/C=C/CC/C=C/CCCCCCCCC. The van der Waals surface area contributed by atoms with Crippen molar-refractivity contribution < 1.29 is 39.8 Å². The standard InChI is InChI=1S/C48H83NO8/c1-3-5-7-9-11-13-15-17-19-21-23-25-27-29-31-33-35-37-42(51)41(40-56-48-47(55)46(54)45(53)43(39-50)57-48)49-44(52)38-36-34-32-30-28-26-24-22-20-18-16-14-12-10-8-6-4-2/h6,8,12,14,18-21,27,29,35,37,41-43,45-48,50-51,53-55H,3-5,7,9-11,13,15-17,22-26,28,30-34,36,38-40H2,1-2H3,(H,49,52)/b8-6-,14-12-,20-18-,21-19+,29-27+,37-35+. The zero-order valence-corrected chi connectivity index (χ0v) is 35.8. The quantitative estimate of drug-likeness (QED) is 0.0271. The summed E-state index contributed by atoms with van der Waals surface area (Å²) in [4.78, 5) is 12.9. The van der Waals surface area contributed by atoms with E-state index in [0.717, 1.165) is 83.5 Å². The summed E-state index contributed by atoms with van der Waals surface area (Å²) in [5.74, 6) is -0.205. The molecule has 0 bridgehead atoms. The van der Waals surface area contributed by atoms with Gasteiger partial charge in [-0.3, -0.25) is 4.79 Å². The Labute approximate surface area is 347 Å². The van der Waals surface area contributed by atoms with Crippen LogP contribution in [-0.4, -0.2) is 87.5 Å². The molecule has 328 valence electrons. The second-order valence-corrected chi connectivity index (χ2v) is 15.4. The Morgan fingerprint density at radius 2 is 1.11 bits per heavy atom. The van der Waals surface area contributed by atoms with Gasteiger partial charge >= 0.3 is 0 Å². The first-order valence-electron chi connectivity index (χ1n) is 22.7. The molecular weight excluding hydrogens is 719 g/mol. The molecule has 0 saturated carbocycles. The van der Waals surface area contributed by atoms with E-state index in [9.17, 15) is 30.3 Å². The molecule has 1 aliphatic rings. The van der Waals surface area contributed by atoms with Crippen LogP contribution in [-0.2, 0) is 14.3 Å². The smallest absolute Gasteiger partial charge is 0.220 e. The molecular formula is C48H83NO8. The summed E-state index contributed by atoms with van der Waals surface area (Å²) in [6.45, 7) is 3.61. The van der Waals surface area contributed by atoms with E-state index in [4.69, 9.17) is 9.47 Å². The number of aliphatic hydroxyl groups excluding tert-OH is 5. The minimum Gasteiger partial charge on any atom is -0.394 e. The van der Waals surface area contributed by atoms with Gasteiger partial charge in [-0.2, -0.15) is 0 Å². The Hall–Kier alpha value is -2.37. The average molecular weight is 802 g/mol. The zero-order chi connectivity index (χ0) is 41.6. The van der Waals surface area contributed by atoms with Crippen LogP contribution in [0.4, 0.5) is 0 Å². The van der Waals surface area contributed by atoms with E-state index in [1.807, 2.05) is 6.08 Å². The fourth-order valence-electron chi connectivity index (χ4n) is 6.61. The first-order valence-corrected chi connectivity index (χ1v) is 22.7. The van der Waals surface area contributed by atoms with Crippen LogP contribution in [0.5, 0.6) is 0 Å². The summed E-state index contributed by atoms with van der Waals surface area (Å²) in [5.41, 5.74) is 0. The molecule has 9 heteroatoms. The molecule has 7 unspecified atom stereocenters. The molecule has 0 aromatic rings. The lowest BCUT2D eigenvalue weighted by Gasteiger charge is -2.40. The molecule has 1 saturated heterocycles. The van der Waals surface area contributed by atoms with Crippen LogP contribution < -0.4 is 5.32 Å². The predicted octanol–water partition coefficient (Wildman–Crippen LogP) is 9.39. The van der Waals surface area contributed by atoms with Crippen LogP contribution in [0.25, 0.3) is 0 Å². The van der Waals surface area contributed by atoms with E-state index in [1.54, 1.807) is 6.08 Å². The molecule has 1 aliphatic heterocycles. The summed E-state index contributed by atoms with van der Waals surface area (Å²) in [5, 5.41) is 54.1. The number of allylic oxidation sites excluding steroid dienone is 11. The molecule has 1 fully saturated rings. The number of nitrogens with one attached hydrogen (secondary N) is 1. The highest BCUT2D eigenvalue weighted by Gasteiger charge is 2.44. The first-order chi connectivity index (χ1) is 27.8. The lowest BCUT2D eigenvalue weighted by molar-refractivity contribution is -0.302. The number of carbonyl (C=O) groups is 1. The fraction of sp³-hybridized carbons (Fsp3) is 0.729. The summed E-state index contributed by atoms with van der Waals surface area (Å²) >= 11 is 0. The summed E-state index contributed by atoms with van der Waals surface area (Å²) in [6.07, 6.45) is 43.7. The van der Waals surface area contributed by atoms with Crippen molar-refractivity contribution in [2.24, 2.45) is 0 Å². The van der Waals surface area contributed by atoms with E-state index in [2.05, 4.69) is 79.9 Å². The molecule has 0 aromatic carbocycles. The van der Waals surface area contributed by atoms with E-state index in [-0.39, 0.29) is 12.5 Å². The Morgan fingerprint density at radius 1 is 0.614 bits per heavy atom. The first kappa shape index (κ1) is 52.6. The van der Waals surface area contributed by atoms with Crippen molar-refractivity contribution in [3.63, 3.8) is 0 Å². The Balaban J connectivity index is 2.42. The van der Waals surface area contributed by atoms with Crippen molar-refractivity contribution in [2.75, 3.05) is 13.2 Å². The van der Waals surface area contributed by atoms with Crippen molar-refractivity contribution in [2.45, 2.75) is 211 Å². The number of aliphatic hydroxyl groups is 5. The lowest BCUT2D eigenvalue weighted by atomic mass is 9.99. The number of ether oxygens (including phenoxy) is 2. The summed E-state index contributed by atoms with van der Waals surface area (Å²) < 4.78 is 11.2. The van der Waals surface area contributed by atoms with Gasteiger partial charge in [0.15, 0.2) is 6.29 Å². The summed E-state index contributed by atoms with van der Waals surface area (Å²) in [6, 6.07) is -0.836. The molecule has 57 heavy (non-hydrogen) atoms. The number of rotatable bonds is 36. The topological polar surface area (TPSA) is 149 Å². The van der Waals surface area contributed by atoms with Crippen molar-refractivity contribution in [3.8, 4) is 0 Å². The Morgan fingerprint density at radius 3 is 1.68 bits per heavy atom. The monoisotopic (exact) mass is 802 g/mol. The number of hydrogen-bond donors (Lipinski definition) is 6. The maximum absolute atomic E-state index is 12.9. The normalized spacial score (nSPS) is 21.7. The van der Waals surface area contributed by atoms with Crippen molar-refractivity contribution in [3.05, 3.63) is 72.9 Å². The average Bonchev–Trinajstić information content (AvgIpc) is 3.21.